The van der Waals surface area contributed by atoms with E-state index in [0.717, 1.165) is 29.5 Å². The van der Waals surface area contributed by atoms with Crippen LogP contribution in [0.5, 0.6) is 0 Å². The van der Waals surface area contributed by atoms with E-state index in [0.29, 0.717) is 16.5 Å². The summed E-state index contributed by atoms with van der Waals surface area (Å²) in [7, 11) is 0. The molecule has 108 valence electrons. The first kappa shape index (κ1) is 14.0. The molecule has 0 bridgehead atoms. The molecule has 0 saturated carbocycles. The minimum absolute atomic E-state index is 0.120. The Hall–Kier alpha value is -1.95. The molecular formula is C15H17N4OS+. The fraction of sp³-hybridized carbons (Fsp3) is 0.333. The second kappa shape index (κ2) is 5.81. The molecule has 0 fully saturated rings. The van der Waals surface area contributed by atoms with E-state index in [1.807, 2.05) is 31.2 Å². The van der Waals surface area contributed by atoms with E-state index in [1.54, 1.807) is 16.3 Å². The van der Waals surface area contributed by atoms with E-state index in [9.17, 15) is 4.79 Å². The molecule has 3 rings (SSSR count). The molecule has 0 amide bonds. The van der Waals surface area contributed by atoms with Crippen molar-refractivity contribution in [2.45, 2.75) is 31.8 Å². The highest BCUT2D eigenvalue weighted by atomic mass is 32.2. The Morgan fingerprint density at radius 1 is 1.33 bits per heavy atom. The van der Waals surface area contributed by atoms with Gasteiger partial charge in [0.15, 0.2) is 5.52 Å². The molecule has 0 radical (unpaired) electrons. The third kappa shape index (κ3) is 2.63. The number of rotatable bonds is 4. The molecule has 2 aromatic heterocycles. The Morgan fingerprint density at radius 3 is 2.95 bits per heavy atom. The first-order valence-electron chi connectivity index (χ1n) is 7.05. The quantitative estimate of drug-likeness (QED) is 0.347. The second-order valence-corrected chi connectivity index (χ2v) is 5.98. The van der Waals surface area contributed by atoms with Gasteiger partial charge < -0.3 is 0 Å². The molecule has 0 saturated heterocycles. The van der Waals surface area contributed by atoms with Crippen LogP contribution in [0.1, 0.15) is 25.6 Å². The monoisotopic (exact) mass is 301 g/mol. The highest BCUT2D eigenvalue weighted by Crippen LogP contribution is 2.15. The summed E-state index contributed by atoms with van der Waals surface area (Å²) in [6.07, 6.45) is 2.23. The van der Waals surface area contributed by atoms with Crippen molar-refractivity contribution in [1.29, 1.82) is 0 Å². The molecule has 0 spiro atoms. The normalized spacial score (nSPS) is 11.3. The van der Waals surface area contributed by atoms with Crippen LogP contribution in [0.15, 0.2) is 34.2 Å². The lowest BCUT2D eigenvalue weighted by atomic mass is 10.2. The molecule has 0 aliphatic heterocycles. The lowest BCUT2D eigenvalue weighted by Crippen LogP contribution is -2.38. The number of para-hydroxylation sites is 1. The molecule has 2 heterocycles. The average Bonchev–Trinajstić information content (AvgIpc) is 2.48. The van der Waals surface area contributed by atoms with Gasteiger partial charge in [-0.2, -0.15) is 0 Å². The first-order valence-corrected chi connectivity index (χ1v) is 8.04. The van der Waals surface area contributed by atoms with Crippen LogP contribution in [-0.4, -0.2) is 20.8 Å². The minimum atomic E-state index is -0.120. The third-order valence-corrected chi connectivity index (χ3v) is 4.27. The van der Waals surface area contributed by atoms with E-state index in [-0.39, 0.29) is 5.56 Å². The van der Waals surface area contributed by atoms with Crippen LogP contribution in [-0.2, 0) is 0 Å². The van der Waals surface area contributed by atoms with Crippen molar-refractivity contribution in [2.75, 3.05) is 5.75 Å². The molecule has 0 unspecified atom stereocenters. The summed E-state index contributed by atoms with van der Waals surface area (Å²) in [6.45, 7) is 4.01. The Morgan fingerprint density at radius 2 is 2.14 bits per heavy atom. The number of aromatic amines is 1. The van der Waals surface area contributed by atoms with E-state index in [1.165, 1.54) is 0 Å². The van der Waals surface area contributed by atoms with E-state index < -0.39 is 0 Å². The largest absolute Gasteiger partial charge is 0.321 e. The Labute approximate surface area is 126 Å². The van der Waals surface area contributed by atoms with Crippen molar-refractivity contribution in [3.63, 3.8) is 0 Å². The molecule has 1 aromatic carbocycles. The summed E-state index contributed by atoms with van der Waals surface area (Å²) in [5.74, 6) is 1.66. The number of benzene rings is 1. The lowest BCUT2D eigenvalue weighted by Gasteiger charge is -2.02. The highest BCUT2D eigenvalue weighted by Gasteiger charge is 2.18. The predicted octanol–water partition coefficient (Wildman–Crippen LogP) is 2.26. The maximum Gasteiger partial charge on any atom is 0.321 e. The number of hydrogen-bond donors (Lipinski definition) is 1. The van der Waals surface area contributed by atoms with Crippen LogP contribution in [0, 0.1) is 6.92 Å². The van der Waals surface area contributed by atoms with Gasteiger partial charge >= 0.3 is 11.4 Å². The molecule has 21 heavy (non-hydrogen) atoms. The molecule has 5 nitrogen and oxygen atoms in total. The van der Waals surface area contributed by atoms with Gasteiger partial charge in [0.05, 0.1) is 5.39 Å². The van der Waals surface area contributed by atoms with Crippen LogP contribution >= 0.6 is 11.8 Å². The van der Waals surface area contributed by atoms with E-state index in [4.69, 9.17) is 0 Å². The number of H-pyrrole nitrogens is 1. The van der Waals surface area contributed by atoms with Crippen LogP contribution in [0.3, 0.4) is 0 Å². The molecular weight excluding hydrogens is 284 g/mol. The van der Waals surface area contributed by atoms with Crippen LogP contribution in [0.25, 0.3) is 16.4 Å². The number of nitrogens with one attached hydrogen (secondary N) is 1. The maximum absolute atomic E-state index is 12.4. The lowest BCUT2D eigenvalue weighted by molar-refractivity contribution is -0.596. The van der Waals surface area contributed by atoms with Gasteiger partial charge in [0.1, 0.15) is 0 Å². The summed E-state index contributed by atoms with van der Waals surface area (Å²) in [6, 6.07) is 7.63. The minimum Gasteiger partial charge on any atom is -0.295 e. The second-order valence-electron chi connectivity index (χ2n) is 4.90. The number of thioether (sulfide) groups is 1. The number of nitrogens with zero attached hydrogens (tertiary/aromatic N) is 3. The van der Waals surface area contributed by atoms with Gasteiger partial charge in [-0.1, -0.05) is 46.9 Å². The van der Waals surface area contributed by atoms with Crippen molar-refractivity contribution in [3.05, 3.63) is 40.4 Å². The zero-order valence-electron chi connectivity index (χ0n) is 12.1. The van der Waals surface area contributed by atoms with Gasteiger partial charge in [0.2, 0.25) is 10.7 Å². The summed E-state index contributed by atoms with van der Waals surface area (Å²) in [5, 5.41) is 5.98. The van der Waals surface area contributed by atoms with Gasteiger partial charge in [-0.05, 0) is 23.5 Å². The number of fused-ring (bicyclic) bond motifs is 3. The fourth-order valence-electron chi connectivity index (χ4n) is 2.26. The summed E-state index contributed by atoms with van der Waals surface area (Å²) >= 11 is 1.57. The zero-order chi connectivity index (χ0) is 14.8. The van der Waals surface area contributed by atoms with Gasteiger partial charge in [-0.25, -0.2) is 0 Å². The Bertz CT molecular complexity index is 859. The van der Waals surface area contributed by atoms with Crippen LogP contribution in [0.4, 0.5) is 0 Å². The number of unbranched alkanes of at least 4 members (excludes halogenated alkanes) is 1. The summed E-state index contributed by atoms with van der Waals surface area (Å²) < 4.78 is 1.65. The number of hydrogen-bond acceptors (Lipinski definition) is 4. The highest BCUT2D eigenvalue weighted by molar-refractivity contribution is 7.99. The first-order chi connectivity index (χ1) is 10.2. The van der Waals surface area contributed by atoms with Crippen molar-refractivity contribution in [1.82, 2.24) is 15.1 Å². The van der Waals surface area contributed by atoms with Crippen molar-refractivity contribution in [3.8, 4) is 0 Å². The van der Waals surface area contributed by atoms with E-state index in [2.05, 4.69) is 22.0 Å². The average molecular weight is 301 g/mol. The Kier molecular flexibility index (Phi) is 3.88. The summed E-state index contributed by atoms with van der Waals surface area (Å²) in [5.41, 5.74) is 1.25. The standard InChI is InChI=1S/C15H16N4OS/c1-3-4-9-21-15-17-14(20)13-11-7-5-6-8-12(11)16-10(2)19(13)18-15/h5-8H,3-4,9H2,1-2H3/p+1. The van der Waals surface area contributed by atoms with Crippen molar-refractivity contribution in [2.24, 2.45) is 0 Å². The SMILES string of the molecule is CCCCSc1n[n+]2c(C)nc3ccccc3c2c(=O)[nH]1. The van der Waals surface area contributed by atoms with Gasteiger partial charge in [0, 0.05) is 12.7 Å². The maximum atomic E-state index is 12.4. The smallest absolute Gasteiger partial charge is 0.295 e. The fourth-order valence-corrected chi connectivity index (χ4v) is 3.19. The van der Waals surface area contributed by atoms with Gasteiger partial charge in [0.25, 0.3) is 0 Å². The molecule has 0 aliphatic carbocycles. The third-order valence-electron chi connectivity index (χ3n) is 3.32. The predicted molar refractivity (Wildman–Crippen MR) is 83.7 cm³/mol. The Balaban J connectivity index is 2.21. The summed E-state index contributed by atoms with van der Waals surface area (Å²) in [4.78, 5) is 19.8. The molecule has 6 heteroatoms. The number of aromatic nitrogens is 4. The number of aryl methyl sites for hydroxylation is 1. The van der Waals surface area contributed by atoms with Crippen LogP contribution in [0.2, 0.25) is 0 Å². The van der Waals surface area contributed by atoms with Crippen molar-refractivity contribution < 1.29 is 4.52 Å². The molecule has 3 aromatic rings. The van der Waals surface area contributed by atoms with Crippen LogP contribution < -0.4 is 10.1 Å². The topological polar surface area (TPSA) is 62.7 Å². The molecule has 1 N–H and O–H groups in total. The van der Waals surface area contributed by atoms with Crippen molar-refractivity contribution >= 4 is 28.2 Å². The van der Waals surface area contributed by atoms with E-state index >= 15 is 0 Å². The van der Waals surface area contributed by atoms with Gasteiger partial charge in [-0.3, -0.25) is 9.78 Å². The zero-order valence-corrected chi connectivity index (χ0v) is 12.9. The van der Waals surface area contributed by atoms with Gasteiger partial charge in [-0.15, -0.1) is 0 Å². The molecule has 0 aliphatic rings. The molecule has 0 atom stereocenters.